The minimum absolute atomic E-state index is 0. The first-order chi connectivity index (χ1) is 9.47. The molecule has 0 aliphatic rings. The number of hydrogen-bond donors (Lipinski definition) is 1. The first kappa shape index (κ1) is 34.6. The van der Waals surface area contributed by atoms with Gasteiger partial charge in [0.05, 0.1) is 22.5 Å². The molecule has 0 saturated heterocycles. The second kappa shape index (κ2) is 17.2. The molecule has 7 nitrogen and oxygen atoms in total. The van der Waals surface area contributed by atoms with Crippen molar-refractivity contribution >= 4 is 22.0 Å². The predicted octanol–water partition coefficient (Wildman–Crippen LogP) is -0.986. The fourth-order valence-corrected chi connectivity index (χ4v) is 2.08. The van der Waals surface area contributed by atoms with Gasteiger partial charge in [0.1, 0.15) is 0 Å². The van der Waals surface area contributed by atoms with Gasteiger partial charge in [-0.3, -0.25) is 4.79 Å². The van der Waals surface area contributed by atoms with Gasteiger partial charge in [-0.1, -0.05) is 34.9 Å². The molecule has 0 aliphatic heterocycles. The van der Waals surface area contributed by atoms with Crippen LogP contribution in [0, 0.1) is 0 Å². The second-order valence-corrected chi connectivity index (χ2v) is 6.05. The molecule has 0 aromatic rings. The second-order valence-electron chi connectivity index (χ2n) is 4.65. The molecule has 0 bridgehead atoms. The Labute approximate surface area is 169 Å². The Morgan fingerprint density at radius 1 is 1.21 bits per heavy atom. The molecule has 1 amide bonds. The van der Waals surface area contributed by atoms with Crippen molar-refractivity contribution in [1.82, 2.24) is 5.32 Å². The molecule has 0 radical (unpaired) electrons. The van der Waals surface area contributed by atoms with E-state index in [1.165, 1.54) is 13.8 Å². The molecule has 0 rings (SSSR count). The van der Waals surface area contributed by atoms with Crippen LogP contribution >= 0.6 is 0 Å². The molecule has 1 N–H and O–H groups in total. The summed E-state index contributed by atoms with van der Waals surface area (Å²) in [4.78, 5) is 21.0. The summed E-state index contributed by atoms with van der Waals surface area (Å²) in [6.07, 6.45) is 3.04. The number of amides is 1. The smallest absolute Gasteiger partial charge is 0.748 e. The first-order valence-corrected chi connectivity index (χ1v) is 7.72. The number of carbonyl (C=O) groups is 2. The maximum atomic E-state index is 10.8. The van der Waals surface area contributed by atoms with Crippen molar-refractivity contribution in [2.45, 2.75) is 47.6 Å². The van der Waals surface area contributed by atoms with Gasteiger partial charge in [0.15, 0.2) is 0 Å². The summed E-state index contributed by atoms with van der Waals surface area (Å²) in [5.74, 6) is -1.49. The van der Waals surface area contributed by atoms with E-state index in [9.17, 15) is 22.6 Å². The topological polar surface area (TPSA) is 113 Å². The van der Waals surface area contributed by atoms with Gasteiger partial charge in [-0.2, -0.15) is 0 Å². The van der Waals surface area contributed by atoms with Gasteiger partial charge in [0, 0.05) is 11.6 Å². The van der Waals surface area contributed by atoms with E-state index < -0.39 is 27.3 Å². The van der Waals surface area contributed by atoms with Crippen LogP contribution in [0.15, 0.2) is 25.3 Å². The molecule has 0 aromatic heterocycles. The number of ether oxygens (including phenoxy) is 1. The quantitative estimate of drug-likeness (QED) is 0.265. The van der Waals surface area contributed by atoms with E-state index >= 15 is 0 Å². The van der Waals surface area contributed by atoms with E-state index in [4.69, 9.17) is 0 Å². The molecule has 0 aliphatic carbocycles. The fraction of sp³-hybridized carbons (Fsp3) is 0.600. The monoisotopic (exact) mass is 375 g/mol. The summed E-state index contributed by atoms with van der Waals surface area (Å²) in [7, 11) is -4.33. The van der Waals surface area contributed by atoms with Crippen LogP contribution in [0.5, 0.6) is 0 Å². The van der Waals surface area contributed by atoms with Crippen molar-refractivity contribution in [2.24, 2.45) is 0 Å². The fourth-order valence-electron chi connectivity index (χ4n) is 1.12. The van der Waals surface area contributed by atoms with Gasteiger partial charge in [-0.05, 0) is 26.3 Å². The molecule has 0 fully saturated rings. The van der Waals surface area contributed by atoms with Crippen LogP contribution in [0.4, 0.5) is 0 Å². The Balaban J connectivity index is -0.0000000968. The summed E-state index contributed by atoms with van der Waals surface area (Å²) in [6.45, 7) is 11.8. The minimum Gasteiger partial charge on any atom is -0.748 e. The zero-order valence-corrected chi connectivity index (χ0v) is 16.4. The van der Waals surface area contributed by atoms with E-state index in [1.54, 1.807) is 0 Å². The van der Waals surface area contributed by atoms with Crippen molar-refractivity contribution in [3.05, 3.63) is 25.3 Å². The average Bonchev–Trinajstić information content (AvgIpc) is 2.32. The normalized spacial score (nSPS) is 9.33. The molecule has 9 heteroatoms. The molecule has 0 aromatic carbocycles. The van der Waals surface area contributed by atoms with Crippen LogP contribution in [0.2, 0.25) is 0 Å². The van der Waals surface area contributed by atoms with Gasteiger partial charge in [-0.15, -0.1) is 0 Å². The summed E-state index contributed by atoms with van der Waals surface area (Å²) in [5.41, 5.74) is -1.06. The number of hydrogen-bond acceptors (Lipinski definition) is 6. The molecule has 0 saturated carbocycles. The van der Waals surface area contributed by atoms with Crippen LogP contribution < -0.4 is 34.9 Å². The van der Waals surface area contributed by atoms with Gasteiger partial charge < -0.3 is 14.6 Å². The van der Waals surface area contributed by atoms with Crippen LogP contribution in [-0.2, 0) is 24.4 Å². The number of carbonyl (C=O) groups excluding carboxylic acids is 2. The number of rotatable bonds is 7. The van der Waals surface area contributed by atoms with Crippen molar-refractivity contribution in [1.29, 1.82) is 0 Å². The molecule has 0 unspecified atom stereocenters. The van der Waals surface area contributed by atoms with Crippen molar-refractivity contribution in [2.75, 3.05) is 12.4 Å². The Kier molecular flexibility index (Phi) is 24.8. The first-order valence-electron chi connectivity index (χ1n) is 6.14. The molecule has 0 atom stereocenters. The van der Waals surface area contributed by atoms with Crippen LogP contribution in [0.3, 0.4) is 0 Å². The summed E-state index contributed by atoms with van der Waals surface area (Å²) in [6, 6.07) is 0. The predicted molar refractivity (Wildman–Crippen MR) is 91.9 cm³/mol. The Morgan fingerprint density at radius 2 is 1.67 bits per heavy atom. The van der Waals surface area contributed by atoms with Gasteiger partial charge >= 0.3 is 35.5 Å². The van der Waals surface area contributed by atoms with E-state index in [-0.39, 0.29) is 50.4 Å². The van der Waals surface area contributed by atoms with E-state index in [1.807, 2.05) is 6.92 Å². The number of esters is 1. The van der Waals surface area contributed by atoms with Crippen molar-refractivity contribution < 1.29 is 56.9 Å². The van der Waals surface area contributed by atoms with E-state index in [0.29, 0.717) is 6.61 Å². The molecule has 0 spiro atoms. The Morgan fingerprint density at radius 3 is 1.96 bits per heavy atom. The maximum absolute atomic E-state index is 10.8. The van der Waals surface area contributed by atoms with Gasteiger partial charge in [0.2, 0.25) is 5.91 Å². The summed E-state index contributed by atoms with van der Waals surface area (Å²) < 4.78 is 35.7. The van der Waals surface area contributed by atoms with Gasteiger partial charge in [0.25, 0.3) is 0 Å². The van der Waals surface area contributed by atoms with E-state index in [0.717, 1.165) is 18.6 Å². The minimum atomic E-state index is -4.33. The van der Waals surface area contributed by atoms with Crippen molar-refractivity contribution in [3.63, 3.8) is 0 Å². The maximum Gasteiger partial charge on any atom is 1.00 e. The molecule has 0 heterocycles. The van der Waals surface area contributed by atoms with Gasteiger partial charge in [-0.25, -0.2) is 13.2 Å². The van der Waals surface area contributed by atoms with Crippen LogP contribution in [-0.4, -0.2) is 42.7 Å². The zero-order valence-electron chi connectivity index (χ0n) is 13.5. The zero-order chi connectivity index (χ0) is 17.1. The van der Waals surface area contributed by atoms with Crippen molar-refractivity contribution in [3.8, 4) is 0 Å². The average molecular weight is 375 g/mol. The largest absolute Gasteiger partial charge is 1.00 e. The van der Waals surface area contributed by atoms with Crippen LogP contribution in [0.1, 0.15) is 42.0 Å². The molecule has 138 valence electrons. The Bertz CT molecular complexity index is 474. The third kappa shape index (κ3) is 26.2. The number of nitrogens with one attached hydrogen (secondary N) is 1. The third-order valence-electron chi connectivity index (χ3n) is 1.80. The third-order valence-corrected chi connectivity index (χ3v) is 2.87. The molecular weight excluding hydrogens is 345 g/mol. The molecule has 24 heavy (non-hydrogen) atoms. The van der Waals surface area contributed by atoms with Crippen LogP contribution in [0.25, 0.3) is 0 Å². The summed E-state index contributed by atoms with van der Waals surface area (Å²) in [5, 5.41) is 2.33. The summed E-state index contributed by atoms with van der Waals surface area (Å²) >= 11 is 0. The standard InChI is InChI=1S/C7H13NO4S.C6H10O2.2CH4.Na/c1-4-6(9)8-7(2,3)5-13(10,11)12;1-3-5-8-6(7)4-2;;;/h4H,1,5H2,2-3H3,(H,8,9)(H,10,11,12);4H,2-3,5H2,1H3;2*1H4;/q;;;;+1/p-1. The molecular formula is C15H30NNaO6S. The van der Waals surface area contributed by atoms with E-state index in [2.05, 4.69) is 23.2 Å². The Hall–Kier alpha value is -0.670. The SMILES string of the molecule is C.C.C=CC(=O)NC(C)(C)CS(=O)(=O)[O-].C=CC(=O)OCCC.[Na+].